The average molecular weight is 396 g/mol. The number of fused-ring (bicyclic) bond motifs is 2. The second kappa shape index (κ2) is 12.1. The Morgan fingerprint density at radius 3 is 1.52 bits per heavy atom. The van der Waals surface area contributed by atoms with Crippen molar-refractivity contribution in [3.05, 3.63) is 61.4 Å². The summed E-state index contributed by atoms with van der Waals surface area (Å²) in [5, 5.41) is 0. The maximum atomic E-state index is 2.45. The van der Waals surface area contributed by atoms with Crippen molar-refractivity contribution in [3.8, 4) is 0 Å². The number of hydrogen-bond acceptors (Lipinski definition) is 0. The zero-order chi connectivity index (χ0) is 13.6. The van der Waals surface area contributed by atoms with Gasteiger partial charge in [-0.25, -0.2) is 0 Å². The van der Waals surface area contributed by atoms with Gasteiger partial charge in [0.05, 0.1) is 0 Å². The molecule has 0 aromatic carbocycles. The van der Waals surface area contributed by atoms with Gasteiger partial charge in [0.15, 0.2) is 0 Å². The van der Waals surface area contributed by atoms with Crippen molar-refractivity contribution in [3.63, 3.8) is 0 Å². The van der Waals surface area contributed by atoms with Crippen LogP contribution in [0.1, 0.15) is 38.5 Å². The predicted octanol–water partition coefficient (Wildman–Crippen LogP) is -0.529. The SMILES string of the molecule is C1=CCC2CC[CH-]C2C=C1.C1=CCC2CC[CH-]C2C=C1.[F-].[F-].[Zr+4]. The second-order valence-electron chi connectivity index (χ2n) is 6.40. The first-order chi connectivity index (χ1) is 9.93. The van der Waals surface area contributed by atoms with Crippen LogP contribution in [0.15, 0.2) is 48.6 Å². The fraction of sp³-hybridized carbons (Fsp3) is 0.500. The van der Waals surface area contributed by atoms with E-state index in [9.17, 15) is 0 Å². The molecule has 124 valence electrons. The van der Waals surface area contributed by atoms with Crippen LogP contribution in [0.5, 0.6) is 0 Å². The summed E-state index contributed by atoms with van der Waals surface area (Å²) in [5.74, 6) is 3.43. The van der Waals surface area contributed by atoms with Gasteiger partial charge in [0.2, 0.25) is 0 Å². The van der Waals surface area contributed by atoms with Gasteiger partial charge in [0.1, 0.15) is 0 Å². The molecule has 0 saturated heterocycles. The smallest absolute Gasteiger partial charge is 1.00 e. The first kappa shape index (κ1) is 22.7. The molecule has 23 heavy (non-hydrogen) atoms. The normalized spacial score (nSPS) is 32.7. The molecule has 0 radical (unpaired) electrons. The van der Waals surface area contributed by atoms with Gasteiger partial charge in [-0.2, -0.15) is 12.8 Å². The fourth-order valence-electron chi connectivity index (χ4n) is 3.85. The van der Waals surface area contributed by atoms with Gasteiger partial charge >= 0.3 is 26.2 Å². The molecule has 4 aliphatic carbocycles. The van der Waals surface area contributed by atoms with Gasteiger partial charge in [-0.1, -0.05) is 61.1 Å². The Bertz CT molecular complexity index is 385. The minimum absolute atomic E-state index is 0. The summed E-state index contributed by atoms with van der Waals surface area (Å²) < 4.78 is 0. The van der Waals surface area contributed by atoms with Gasteiger partial charge in [-0.3, -0.25) is 0 Å². The van der Waals surface area contributed by atoms with Gasteiger partial charge in [-0.15, -0.1) is 24.0 Å². The first-order valence-electron chi connectivity index (χ1n) is 8.27. The Morgan fingerprint density at radius 2 is 1.09 bits per heavy atom. The molecule has 0 N–H and O–H groups in total. The predicted molar refractivity (Wildman–Crippen MR) is 86.8 cm³/mol. The maximum Gasteiger partial charge on any atom is 4.00 e. The summed E-state index contributed by atoms with van der Waals surface area (Å²) in [7, 11) is 0. The van der Waals surface area contributed by atoms with Crippen LogP contribution in [0.25, 0.3) is 0 Å². The van der Waals surface area contributed by atoms with Crippen molar-refractivity contribution in [1.82, 2.24) is 0 Å². The van der Waals surface area contributed by atoms with Crippen LogP contribution in [0.3, 0.4) is 0 Å². The van der Waals surface area contributed by atoms with Crippen molar-refractivity contribution in [2.24, 2.45) is 23.7 Å². The molecular weight excluding hydrogens is 369 g/mol. The van der Waals surface area contributed by atoms with E-state index in [-0.39, 0.29) is 35.6 Å². The molecule has 4 atom stereocenters. The molecule has 0 spiro atoms. The van der Waals surface area contributed by atoms with Crippen molar-refractivity contribution in [2.45, 2.75) is 38.5 Å². The molecule has 0 bridgehead atoms. The Morgan fingerprint density at radius 1 is 0.652 bits per heavy atom. The average Bonchev–Trinajstić information content (AvgIpc) is 2.98. The number of hydrogen-bond donors (Lipinski definition) is 0. The molecule has 4 aliphatic rings. The summed E-state index contributed by atoms with van der Waals surface area (Å²) in [6.45, 7) is 0. The fourth-order valence-corrected chi connectivity index (χ4v) is 3.85. The third-order valence-electron chi connectivity index (χ3n) is 5.08. The third-order valence-corrected chi connectivity index (χ3v) is 5.08. The Hall–Kier alpha value is -0.297. The second-order valence-corrected chi connectivity index (χ2v) is 6.40. The quantitative estimate of drug-likeness (QED) is 0.484. The summed E-state index contributed by atoms with van der Waals surface area (Å²) in [6, 6.07) is 0. The topological polar surface area (TPSA) is 0 Å². The molecule has 0 amide bonds. The van der Waals surface area contributed by atoms with Gasteiger partial charge < -0.3 is 22.3 Å². The number of halogens is 2. The Kier molecular flexibility index (Phi) is 12.0. The molecule has 0 aromatic heterocycles. The van der Waals surface area contributed by atoms with E-state index in [4.69, 9.17) is 0 Å². The van der Waals surface area contributed by atoms with E-state index in [1.165, 1.54) is 38.5 Å². The summed E-state index contributed by atoms with van der Waals surface area (Å²) in [4.78, 5) is 0. The van der Waals surface area contributed by atoms with E-state index in [0.29, 0.717) is 0 Å². The Balaban J connectivity index is 0.000000372. The molecule has 0 nitrogen and oxygen atoms in total. The molecule has 0 aliphatic heterocycles. The molecule has 2 saturated carbocycles. The largest absolute Gasteiger partial charge is 4.00 e. The van der Waals surface area contributed by atoms with E-state index in [1.807, 2.05) is 0 Å². The zero-order valence-electron chi connectivity index (χ0n) is 13.6. The maximum absolute atomic E-state index is 2.45. The number of allylic oxidation sites excluding steroid dienone is 8. The monoisotopic (exact) mass is 394 g/mol. The van der Waals surface area contributed by atoms with Crippen LogP contribution < -0.4 is 9.41 Å². The van der Waals surface area contributed by atoms with E-state index in [0.717, 1.165) is 23.7 Å². The van der Waals surface area contributed by atoms with Crippen molar-refractivity contribution < 1.29 is 35.6 Å². The van der Waals surface area contributed by atoms with Crippen molar-refractivity contribution in [1.29, 1.82) is 0 Å². The molecule has 0 aromatic rings. The first-order valence-corrected chi connectivity index (χ1v) is 8.27. The molecule has 4 unspecified atom stereocenters. The van der Waals surface area contributed by atoms with E-state index >= 15 is 0 Å². The van der Waals surface area contributed by atoms with E-state index in [1.54, 1.807) is 0 Å². The number of rotatable bonds is 0. The molecule has 2 fully saturated rings. The van der Waals surface area contributed by atoms with Crippen LogP contribution in [-0.4, -0.2) is 0 Å². The van der Waals surface area contributed by atoms with Crippen LogP contribution in [0.2, 0.25) is 0 Å². The van der Waals surface area contributed by atoms with Crippen LogP contribution in [0, 0.1) is 36.5 Å². The molecular formula is C20H26F2Zr. The van der Waals surface area contributed by atoms with E-state index in [2.05, 4.69) is 61.4 Å². The molecule has 0 heterocycles. The summed E-state index contributed by atoms with van der Waals surface area (Å²) in [6.07, 6.45) is 30.9. The van der Waals surface area contributed by atoms with E-state index < -0.39 is 0 Å². The Labute approximate surface area is 159 Å². The molecule has 3 heteroatoms. The minimum Gasteiger partial charge on any atom is -1.00 e. The van der Waals surface area contributed by atoms with Crippen molar-refractivity contribution in [2.75, 3.05) is 0 Å². The third kappa shape index (κ3) is 6.61. The minimum atomic E-state index is 0. The van der Waals surface area contributed by atoms with Gasteiger partial charge in [0.25, 0.3) is 0 Å². The van der Waals surface area contributed by atoms with Gasteiger partial charge in [0, 0.05) is 0 Å². The zero-order valence-corrected chi connectivity index (χ0v) is 16.0. The van der Waals surface area contributed by atoms with Crippen molar-refractivity contribution >= 4 is 0 Å². The van der Waals surface area contributed by atoms with Gasteiger partial charge in [-0.05, 0) is 12.8 Å². The standard InChI is InChI=1S/2C10H13.2FH.Zr/c2*1-2-5-9-7-4-8-10(9)6-3-1;;;/h2*1-3,5,7,9-10H,4,6,8H2;2*1H;/q2*-1;;;+4/p-2. The van der Waals surface area contributed by atoms with Crippen LogP contribution in [0.4, 0.5) is 0 Å². The van der Waals surface area contributed by atoms with Crippen LogP contribution >= 0.6 is 0 Å². The molecule has 4 rings (SSSR count). The summed E-state index contributed by atoms with van der Waals surface area (Å²) in [5.41, 5.74) is 0. The van der Waals surface area contributed by atoms with Crippen LogP contribution in [-0.2, 0) is 26.2 Å². The summed E-state index contributed by atoms with van der Waals surface area (Å²) >= 11 is 0.